The topological polar surface area (TPSA) is 98.5 Å². The van der Waals surface area contributed by atoms with Crippen molar-refractivity contribution in [3.8, 4) is 11.4 Å². The average Bonchev–Trinajstić information content (AvgIpc) is 3.14. The van der Waals surface area contributed by atoms with E-state index in [0.717, 1.165) is 23.2 Å². The predicted molar refractivity (Wildman–Crippen MR) is 132 cm³/mol. The van der Waals surface area contributed by atoms with Crippen molar-refractivity contribution >= 4 is 23.4 Å². The highest BCUT2D eigenvalue weighted by atomic mass is 35.5. The zero-order valence-electron chi connectivity index (χ0n) is 20.4. The van der Waals surface area contributed by atoms with Gasteiger partial charge in [-0.3, -0.25) is 14.2 Å². The van der Waals surface area contributed by atoms with E-state index in [2.05, 4.69) is 10.4 Å². The molecule has 1 aliphatic rings. The molecule has 2 heterocycles. The van der Waals surface area contributed by atoms with Crippen molar-refractivity contribution < 1.29 is 27.5 Å². The van der Waals surface area contributed by atoms with E-state index in [-0.39, 0.29) is 24.5 Å². The molecule has 13 heteroatoms. The van der Waals surface area contributed by atoms with Crippen molar-refractivity contribution in [2.75, 3.05) is 26.8 Å². The molecule has 2 aromatic carbocycles. The highest BCUT2D eigenvalue weighted by molar-refractivity contribution is 6.30. The molecule has 0 spiro atoms. The SMILES string of the molecule is COCCn1c(-c2ccc(Cl)cc2)nn(CC(=O)NC(C(=O)N2CCC2)c2cccc(C(F)(F)F)c2)c1=O. The van der Waals surface area contributed by atoms with Crippen molar-refractivity contribution in [1.82, 2.24) is 24.6 Å². The summed E-state index contributed by atoms with van der Waals surface area (Å²) in [5, 5.41) is 7.30. The first-order chi connectivity index (χ1) is 18.1. The normalized spacial score (nSPS) is 14.2. The summed E-state index contributed by atoms with van der Waals surface area (Å²) in [7, 11) is 1.48. The Kier molecular flexibility index (Phi) is 8.22. The third-order valence-corrected chi connectivity index (χ3v) is 6.36. The number of methoxy groups -OCH3 is 1. The van der Waals surface area contributed by atoms with Gasteiger partial charge in [0.1, 0.15) is 12.6 Å². The van der Waals surface area contributed by atoms with Gasteiger partial charge in [-0.15, -0.1) is 5.10 Å². The van der Waals surface area contributed by atoms with E-state index in [1.54, 1.807) is 24.3 Å². The summed E-state index contributed by atoms with van der Waals surface area (Å²) >= 11 is 5.96. The van der Waals surface area contributed by atoms with Gasteiger partial charge in [-0.1, -0.05) is 23.7 Å². The van der Waals surface area contributed by atoms with Crippen LogP contribution < -0.4 is 11.0 Å². The number of hydrogen-bond donors (Lipinski definition) is 1. The lowest BCUT2D eigenvalue weighted by Gasteiger charge is -2.34. The maximum atomic E-state index is 13.3. The van der Waals surface area contributed by atoms with Crippen molar-refractivity contribution in [2.45, 2.75) is 31.7 Å². The molecule has 4 rings (SSSR count). The maximum Gasteiger partial charge on any atom is 0.416 e. The second kappa shape index (κ2) is 11.4. The van der Waals surface area contributed by atoms with Gasteiger partial charge < -0.3 is 15.0 Å². The van der Waals surface area contributed by atoms with Gasteiger partial charge in [0.25, 0.3) is 0 Å². The molecule has 0 radical (unpaired) electrons. The summed E-state index contributed by atoms with van der Waals surface area (Å²) < 4.78 is 47.3. The smallest absolute Gasteiger partial charge is 0.383 e. The van der Waals surface area contributed by atoms with E-state index < -0.39 is 41.8 Å². The second-order valence-corrected chi connectivity index (χ2v) is 9.15. The lowest BCUT2D eigenvalue weighted by atomic mass is 10.0. The van der Waals surface area contributed by atoms with Crippen LogP contribution in [0, 0.1) is 0 Å². The summed E-state index contributed by atoms with van der Waals surface area (Å²) in [5.41, 5.74) is -0.959. The third-order valence-electron chi connectivity index (χ3n) is 6.10. The summed E-state index contributed by atoms with van der Waals surface area (Å²) in [6, 6.07) is 9.52. The molecule has 9 nitrogen and oxygen atoms in total. The number of aromatic nitrogens is 3. The van der Waals surface area contributed by atoms with Gasteiger partial charge >= 0.3 is 11.9 Å². The Balaban J connectivity index is 1.62. The number of rotatable bonds is 9. The first-order valence-electron chi connectivity index (χ1n) is 11.8. The maximum absolute atomic E-state index is 13.3. The van der Waals surface area contributed by atoms with E-state index >= 15 is 0 Å². The molecule has 1 unspecified atom stereocenters. The van der Waals surface area contributed by atoms with Crippen LogP contribution in [0.25, 0.3) is 11.4 Å². The number of likely N-dealkylation sites (tertiary alicyclic amines) is 1. The highest BCUT2D eigenvalue weighted by Gasteiger charge is 2.34. The standard InChI is InChI=1S/C25H25ClF3N5O4/c1-38-13-12-33-22(16-6-8-19(26)9-7-16)31-34(24(33)37)15-20(35)30-21(23(36)32-10-3-11-32)17-4-2-5-18(14-17)25(27,28)29/h2,4-9,14,21H,3,10-13,15H2,1H3,(H,30,35). The molecular weight excluding hydrogens is 527 g/mol. The number of halogens is 4. The lowest BCUT2D eigenvalue weighted by Crippen LogP contribution is -2.49. The number of benzene rings is 2. The van der Waals surface area contributed by atoms with Gasteiger partial charge in [0.05, 0.1) is 18.7 Å². The molecule has 1 atom stereocenters. The van der Waals surface area contributed by atoms with Gasteiger partial charge in [0, 0.05) is 30.8 Å². The first-order valence-corrected chi connectivity index (χ1v) is 12.1. The average molecular weight is 552 g/mol. The number of nitrogens with one attached hydrogen (secondary N) is 1. The zero-order chi connectivity index (χ0) is 27.4. The monoisotopic (exact) mass is 551 g/mol. The number of ether oxygens (including phenoxy) is 1. The molecule has 3 aromatic rings. The second-order valence-electron chi connectivity index (χ2n) is 8.72. The van der Waals surface area contributed by atoms with Crippen LogP contribution >= 0.6 is 11.6 Å². The first kappa shape index (κ1) is 27.4. The van der Waals surface area contributed by atoms with Crippen LogP contribution in [0.1, 0.15) is 23.6 Å². The third kappa shape index (κ3) is 6.08. The van der Waals surface area contributed by atoms with Crippen LogP contribution in [0.5, 0.6) is 0 Å². The Morgan fingerprint density at radius 1 is 1.16 bits per heavy atom. The molecule has 38 heavy (non-hydrogen) atoms. The highest BCUT2D eigenvalue weighted by Crippen LogP contribution is 2.31. The van der Waals surface area contributed by atoms with Crippen LogP contribution in [-0.2, 0) is 33.6 Å². The van der Waals surface area contributed by atoms with Gasteiger partial charge in [0.2, 0.25) is 11.8 Å². The number of carbonyl (C=O) groups excluding carboxylic acids is 2. The molecule has 1 N–H and O–H groups in total. The van der Waals surface area contributed by atoms with E-state index in [1.165, 1.54) is 28.7 Å². The Morgan fingerprint density at radius 2 is 1.87 bits per heavy atom. The number of alkyl halides is 3. The Hall–Kier alpha value is -3.64. The predicted octanol–water partition coefficient (Wildman–Crippen LogP) is 3.12. The minimum atomic E-state index is -4.62. The van der Waals surface area contributed by atoms with Gasteiger partial charge in [-0.05, 0) is 48.4 Å². The number of hydrogen-bond acceptors (Lipinski definition) is 5. The molecule has 202 valence electrons. The van der Waals surface area contributed by atoms with Crippen LogP contribution in [0.4, 0.5) is 13.2 Å². The Bertz CT molecular complexity index is 1370. The summed E-state index contributed by atoms with van der Waals surface area (Å²) in [4.78, 5) is 40.6. The molecule has 1 saturated heterocycles. The van der Waals surface area contributed by atoms with Gasteiger partial charge in [-0.25, -0.2) is 9.48 Å². The van der Waals surface area contributed by atoms with Crippen molar-refractivity contribution in [2.24, 2.45) is 0 Å². The van der Waals surface area contributed by atoms with E-state index in [4.69, 9.17) is 16.3 Å². The fraction of sp³-hybridized carbons (Fsp3) is 0.360. The lowest BCUT2D eigenvalue weighted by molar-refractivity contribution is -0.140. The molecule has 0 bridgehead atoms. The molecule has 0 saturated carbocycles. The quantitative estimate of drug-likeness (QED) is 0.441. The fourth-order valence-corrected chi connectivity index (χ4v) is 4.11. The van der Waals surface area contributed by atoms with Crippen LogP contribution in [0.2, 0.25) is 5.02 Å². The van der Waals surface area contributed by atoms with Crippen molar-refractivity contribution in [3.05, 3.63) is 75.2 Å². The summed E-state index contributed by atoms with van der Waals surface area (Å²) in [5.74, 6) is -1.01. The number of nitrogens with zero attached hydrogens (tertiary/aromatic N) is 4. The molecule has 2 amide bonds. The number of carbonyl (C=O) groups is 2. The van der Waals surface area contributed by atoms with Gasteiger partial charge in [0.15, 0.2) is 5.82 Å². The van der Waals surface area contributed by atoms with E-state index in [1.807, 2.05) is 0 Å². The minimum absolute atomic E-state index is 0.00935. The zero-order valence-corrected chi connectivity index (χ0v) is 21.1. The Labute approximate surface area is 220 Å². The van der Waals surface area contributed by atoms with E-state index in [9.17, 15) is 27.6 Å². The summed E-state index contributed by atoms with van der Waals surface area (Å²) in [6.07, 6.45) is -3.86. The molecule has 0 aliphatic carbocycles. The molecule has 1 aromatic heterocycles. The van der Waals surface area contributed by atoms with Crippen molar-refractivity contribution in [1.29, 1.82) is 0 Å². The minimum Gasteiger partial charge on any atom is -0.383 e. The fourth-order valence-electron chi connectivity index (χ4n) is 3.98. The number of amides is 2. The van der Waals surface area contributed by atoms with Gasteiger partial charge in [-0.2, -0.15) is 13.2 Å². The summed E-state index contributed by atoms with van der Waals surface area (Å²) in [6.45, 7) is 0.702. The van der Waals surface area contributed by atoms with Crippen LogP contribution in [-0.4, -0.2) is 57.9 Å². The largest absolute Gasteiger partial charge is 0.416 e. The Morgan fingerprint density at radius 3 is 2.47 bits per heavy atom. The molecular formula is C25H25ClF3N5O4. The molecule has 1 fully saturated rings. The van der Waals surface area contributed by atoms with Crippen LogP contribution in [0.15, 0.2) is 53.3 Å². The molecule has 1 aliphatic heterocycles. The van der Waals surface area contributed by atoms with Crippen molar-refractivity contribution in [3.63, 3.8) is 0 Å². The van der Waals surface area contributed by atoms with E-state index in [0.29, 0.717) is 23.7 Å². The van der Waals surface area contributed by atoms with Crippen LogP contribution in [0.3, 0.4) is 0 Å².